The number of ether oxygens (including phenoxy) is 1. The standard InChI is InChI=1S/C12H17N3O4S/c16-10-1-2-15(12(13-10)20-9-11(17)18)4-3-14-5-7-19-8-6-14/h1-2H,3-9H2,(H,17,18). The zero-order valence-electron chi connectivity index (χ0n) is 11.0. The second-order valence-corrected chi connectivity index (χ2v) is 5.32. The average Bonchev–Trinajstić information content (AvgIpc) is 2.45. The van der Waals surface area contributed by atoms with Crippen LogP contribution in [0, 0.1) is 0 Å². The van der Waals surface area contributed by atoms with E-state index in [1.54, 1.807) is 6.20 Å². The number of carbonyl (C=O) groups is 1. The molecular formula is C12H17N3O4S. The maximum atomic E-state index is 11.3. The molecule has 1 saturated heterocycles. The summed E-state index contributed by atoms with van der Waals surface area (Å²) in [4.78, 5) is 28.0. The normalized spacial score (nSPS) is 16.2. The van der Waals surface area contributed by atoms with E-state index in [0.29, 0.717) is 11.7 Å². The molecule has 0 amide bonds. The van der Waals surface area contributed by atoms with Gasteiger partial charge in [-0.05, 0) is 0 Å². The summed E-state index contributed by atoms with van der Waals surface area (Å²) in [5.74, 6) is -1.03. The van der Waals surface area contributed by atoms with Crippen LogP contribution in [0.25, 0.3) is 0 Å². The van der Waals surface area contributed by atoms with Gasteiger partial charge >= 0.3 is 5.97 Å². The first-order valence-electron chi connectivity index (χ1n) is 6.37. The first kappa shape index (κ1) is 15.0. The zero-order chi connectivity index (χ0) is 14.4. The first-order valence-corrected chi connectivity index (χ1v) is 7.36. The molecule has 1 fully saturated rings. The third kappa shape index (κ3) is 4.62. The van der Waals surface area contributed by atoms with Crippen molar-refractivity contribution in [3.05, 3.63) is 22.6 Å². The fraction of sp³-hybridized carbons (Fsp3) is 0.583. The molecule has 2 heterocycles. The van der Waals surface area contributed by atoms with Gasteiger partial charge in [-0.25, -0.2) is 0 Å². The van der Waals surface area contributed by atoms with Gasteiger partial charge in [-0.2, -0.15) is 4.98 Å². The van der Waals surface area contributed by atoms with Crippen LogP contribution in [0.2, 0.25) is 0 Å². The molecule has 0 atom stereocenters. The zero-order valence-corrected chi connectivity index (χ0v) is 11.8. The fourth-order valence-corrected chi connectivity index (χ4v) is 2.62. The molecule has 0 spiro atoms. The third-order valence-corrected chi connectivity index (χ3v) is 3.91. The fourth-order valence-electron chi connectivity index (χ4n) is 1.90. The van der Waals surface area contributed by atoms with Gasteiger partial charge in [0.1, 0.15) is 0 Å². The topological polar surface area (TPSA) is 84.7 Å². The summed E-state index contributed by atoms with van der Waals surface area (Å²) in [6.45, 7) is 4.77. The van der Waals surface area contributed by atoms with E-state index in [-0.39, 0.29) is 11.3 Å². The molecule has 8 heteroatoms. The Balaban J connectivity index is 1.98. The van der Waals surface area contributed by atoms with E-state index < -0.39 is 5.97 Å². The highest BCUT2D eigenvalue weighted by Crippen LogP contribution is 2.13. The number of nitrogens with zero attached hydrogens (tertiary/aromatic N) is 3. The van der Waals surface area contributed by atoms with Crippen LogP contribution in [0.4, 0.5) is 0 Å². The minimum absolute atomic E-state index is 0.103. The molecule has 110 valence electrons. The van der Waals surface area contributed by atoms with Gasteiger partial charge in [0.25, 0.3) is 5.56 Å². The largest absolute Gasteiger partial charge is 0.481 e. The van der Waals surface area contributed by atoms with Crippen molar-refractivity contribution < 1.29 is 14.6 Å². The van der Waals surface area contributed by atoms with Gasteiger partial charge in [0.15, 0.2) is 5.16 Å². The SMILES string of the molecule is O=C(O)CSc1nc(=O)ccn1CCN1CCOCC1. The van der Waals surface area contributed by atoms with E-state index in [1.807, 2.05) is 4.57 Å². The molecule has 1 N–H and O–H groups in total. The number of thioether (sulfide) groups is 1. The molecule has 0 bridgehead atoms. The monoisotopic (exact) mass is 299 g/mol. The summed E-state index contributed by atoms with van der Waals surface area (Å²) in [7, 11) is 0. The number of hydrogen-bond acceptors (Lipinski definition) is 6. The van der Waals surface area contributed by atoms with Crippen molar-refractivity contribution in [3.8, 4) is 0 Å². The molecule has 0 radical (unpaired) electrons. The quantitative estimate of drug-likeness (QED) is 0.573. The van der Waals surface area contributed by atoms with Gasteiger partial charge in [-0.15, -0.1) is 0 Å². The number of aromatic nitrogens is 2. The van der Waals surface area contributed by atoms with Crippen molar-refractivity contribution in [1.82, 2.24) is 14.5 Å². The number of aliphatic carboxylic acids is 1. The highest BCUT2D eigenvalue weighted by Gasteiger charge is 2.12. The Morgan fingerprint density at radius 3 is 2.85 bits per heavy atom. The van der Waals surface area contributed by atoms with Gasteiger partial charge in [0.05, 0.1) is 19.0 Å². The number of carboxylic acids is 1. The van der Waals surface area contributed by atoms with E-state index in [9.17, 15) is 9.59 Å². The van der Waals surface area contributed by atoms with Crippen molar-refractivity contribution in [1.29, 1.82) is 0 Å². The summed E-state index contributed by atoms with van der Waals surface area (Å²) in [6.07, 6.45) is 1.67. The van der Waals surface area contributed by atoms with Gasteiger partial charge in [0.2, 0.25) is 0 Å². The molecule has 20 heavy (non-hydrogen) atoms. The second-order valence-electron chi connectivity index (χ2n) is 4.38. The van der Waals surface area contributed by atoms with Crippen molar-refractivity contribution >= 4 is 17.7 Å². The predicted molar refractivity (Wildman–Crippen MR) is 74.1 cm³/mol. The lowest BCUT2D eigenvalue weighted by Gasteiger charge is -2.27. The second kappa shape index (κ2) is 7.41. The number of hydrogen-bond donors (Lipinski definition) is 1. The Kier molecular flexibility index (Phi) is 5.57. The average molecular weight is 299 g/mol. The van der Waals surface area contributed by atoms with Crippen molar-refractivity contribution in [2.75, 3.05) is 38.6 Å². The Morgan fingerprint density at radius 1 is 1.40 bits per heavy atom. The van der Waals surface area contributed by atoms with Crippen molar-refractivity contribution in [2.45, 2.75) is 11.7 Å². The highest BCUT2D eigenvalue weighted by molar-refractivity contribution is 7.99. The summed E-state index contributed by atoms with van der Waals surface area (Å²) in [5, 5.41) is 9.16. The minimum atomic E-state index is -0.923. The Hall–Kier alpha value is -1.38. The predicted octanol–water partition coefficient (Wildman–Crippen LogP) is -0.248. The van der Waals surface area contributed by atoms with Crippen LogP contribution in [0.15, 0.2) is 22.2 Å². The van der Waals surface area contributed by atoms with E-state index in [0.717, 1.165) is 44.6 Å². The molecule has 1 aliphatic heterocycles. The lowest BCUT2D eigenvalue weighted by Crippen LogP contribution is -2.38. The van der Waals surface area contributed by atoms with Crippen LogP contribution in [-0.2, 0) is 16.1 Å². The van der Waals surface area contributed by atoms with Crippen LogP contribution in [0.5, 0.6) is 0 Å². The lowest BCUT2D eigenvalue weighted by atomic mass is 10.4. The minimum Gasteiger partial charge on any atom is -0.481 e. The summed E-state index contributed by atoms with van der Waals surface area (Å²) >= 11 is 1.07. The maximum absolute atomic E-state index is 11.3. The van der Waals surface area contributed by atoms with Gasteiger partial charge in [0, 0.05) is 38.4 Å². The van der Waals surface area contributed by atoms with Gasteiger partial charge in [-0.3, -0.25) is 14.5 Å². The van der Waals surface area contributed by atoms with Crippen LogP contribution in [0.3, 0.4) is 0 Å². The number of rotatable bonds is 6. The first-order chi connectivity index (χ1) is 9.65. The molecule has 0 saturated carbocycles. The maximum Gasteiger partial charge on any atom is 0.313 e. The third-order valence-electron chi connectivity index (χ3n) is 2.93. The van der Waals surface area contributed by atoms with Crippen LogP contribution >= 0.6 is 11.8 Å². The molecule has 2 rings (SSSR count). The highest BCUT2D eigenvalue weighted by atomic mass is 32.2. The van der Waals surface area contributed by atoms with E-state index in [1.165, 1.54) is 6.07 Å². The number of morpholine rings is 1. The summed E-state index contributed by atoms with van der Waals surface area (Å²) < 4.78 is 7.11. The Morgan fingerprint density at radius 2 is 2.15 bits per heavy atom. The molecular weight excluding hydrogens is 282 g/mol. The summed E-state index contributed by atoms with van der Waals surface area (Å²) in [5.41, 5.74) is -0.347. The van der Waals surface area contributed by atoms with Gasteiger partial charge in [-0.1, -0.05) is 11.8 Å². The van der Waals surface area contributed by atoms with Crippen LogP contribution < -0.4 is 5.56 Å². The molecule has 0 aromatic carbocycles. The Labute approximate surface area is 120 Å². The van der Waals surface area contributed by atoms with Gasteiger partial charge < -0.3 is 14.4 Å². The smallest absolute Gasteiger partial charge is 0.313 e. The van der Waals surface area contributed by atoms with Crippen LogP contribution in [0.1, 0.15) is 0 Å². The summed E-state index contributed by atoms with van der Waals surface area (Å²) in [6, 6.07) is 1.39. The molecule has 7 nitrogen and oxygen atoms in total. The molecule has 0 unspecified atom stereocenters. The van der Waals surface area contributed by atoms with Crippen molar-refractivity contribution in [2.24, 2.45) is 0 Å². The van der Waals surface area contributed by atoms with E-state index >= 15 is 0 Å². The van der Waals surface area contributed by atoms with Crippen molar-refractivity contribution in [3.63, 3.8) is 0 Å². The van der Waals surface area contributed by atoms with Crippen LogP contribution in [-0.4, -0.2) is 64.1 Å². The molecule has 0 aliphatic carbocycles. The molecule has 1 aliphatic rings. The Bertz CT molecular complexity index is 514. The molecule has 1 aromatic rings. The number of carboxylic acid groups (broad SMARTS) is 1. The van der Waals surface area contributed by atoms with E-state index in [2.05, 4.69) is 9.88 Å². The lowest BCUT2D eigenvalue weighted by molar-refractivity contribution is -0.133. The molecule has 1 aromatic heterocycles. The van der Waals surface area contributed by atoms with E-state index in [4.69, 9.17) is 9.84 Å².